The number of rotatable bonds is 2. The SMILES string of the molecule is N[C@H]1C(C(=O)Nc2ccccc2)[C@@H]2CC[C@H]1C2. The van der Waals surface area contributed by atoms with Crippen LogP contribution in [0, 0.1) is 17.8 Å². The van der Waals surface area contributed by atoms with Gasteiger partial charge in [-0.25, -0.2) is 0 Å². The minimum Gasteiger partial charge on any atom is -0.327 e. The van der Waals surface area contributed by atoms with Crippen molar-refractivity contribution in [1.29, 1.82) is 0 Å². The van der Waals surface area contributed by atoms with Crippen LogP contribution in [-0.4, -0.2) is 11.9 Å². The zero-order valence-corrected chi connectivity index (χ0v) is 9.80. The monoisotopic (exact) mass is 230 g/mol. The van der Waals surface area contributed by atoms with Crippen LogP contribution in [0.1, 0.15) is 19.3 Å². The minimum absolute atomic E-state index is 0.0222. The average Bonchev–Trinajstić information content (AvgIpc) is 2.90. The Bertz CT molecular complexity index is 415. The molecule has 1 aromatic carbocycles. The number of nitrogens with one attached hydrogen (secondary N) is 1. The number of fused-ring (bicyclic) bond motifs is 2. The molecule has 4 atom stereocenters. The van der Waals surface area contributed by atoms with Crippen molar-refractivity contribution in [2.24, 2.45) is 23.5 Å². The van der Waals surface area contributed by atoms with Gasteiger partial charge in [-0.1, -0.05) is 18.2 Å². The predicted molar refractivity (Wildman–Crippen MR) is 67.4 cm³/mol. The van der Waals surface area contributed by atoms with Crippen molar-refractivity contribution < 1.29 is 4.79 Å². The molecule has 0 aromatic heterocycles. The first-order valence-electron chi connectivity index (χ1n) is 6.37. The smallest absolute Gasteiger partial charge is 0.229 e. The van der Waals surface area contributed by atoms with Crippen molar-refractivity contribution in [3.05, 3.63) is 30.3 Å². The molecule has 1 aromatic rings. The molecule has 1 unspecified atom stereocenters. The van der Waals surface area contributed by atoms with E-state index >= 15 is 0 Å². The summed E-state index contributed by atoms with van der Waals surface area (Å²) in [5.74, 6) is 1.22. The van der Waals surface area contributed by atoms with E-state index in [1.54, 1.807) is 0 Å². The van der Waals surface area contributed by atoms with Crippen molar-refractivity contribution in [1.82, 2.24) is 0 Å². The zero-order valence-electron chi connectivity index (χ0n) is 9.80. The molecule has 2 aliphatic rings. The molecule has 2 fully saturated rings. The number of hydrogen-bond acceptors (Lipinski definition) is 2. The van der Waals surface area contributed by atoms with Gasteiger partial charge in [0.05, 0.1) is 5.92 Å². The summed E-state index contributed by atoms with van der Waals surface area (Å²) in [5.41, 5.74) is 7.03. The van der Waals surface area contributed by atoms with Crippen molar-refractivity contribution in [3.8, 4) is 0 Å². The van der Waals surface area contributed by atoms with Crippen LogP contribution < -0.4 is 11.1 Å². The maximum Gasteiger partial charge on any atom is 0.229 e. The van der Waals surface area contributed by atoms with Crippen LogP contribution in [0.5, 0.6) is 0 Å². The summed E-state index contributed by atoms with van der Waals surface area (Å²) in [7, 11) is 0. The second-order valence-corrected chi connectivity index (χ2v) is 5.29. The van der Waals surface area contributed by atoms with Crippen LogP contribution in [0.4, 0.5) is 5.69 Å². The number of nitrogens with two attached hydrogens (primary N) is 1. The Labute approximate surface area is 101 Å². The van der Waals surface area contributed by atoms with Crippen LogP contribution in [-0.2, 0) is 4.79 Å². The van der Waals surface area contributed by atoms with Gasteiger partial charge in [0.2, 0.25) is 5.91 Å². The van der Waals surface area contributed by atoms with Gasteiger partial charge in [0.1, 0.15) is 0 Å². The standard InChI is InChI=1S/C14H18N2O/c15-13-10-7-6-9(8-10)12(13)14(17)16-11-4-2-1-3-5-11/h1-5,9-10,12-13H,6-8,15H2,(H,16,17)/t9-,10+,12?,13-/m1/s1. The highest BCUT2D eigenvalue weighted by Gasteiger charge is 2.48. The number of benzene rings is 1. The summed E-state index contributed by atoms with van der Waals surface area (Å²) in [6.45, 7) is 0. The number of amides is 1. The van der Waals surface area contributed by atoms with Crippen LogP contribution in [0.2, 0.25) is 0 Å². The van der Waals surface area contributed by atoms with E-state index in [9.17, 15) is 4.79 Å². The summed E-state index contributed by atoms with van der Waals surface area (Å²) in [5, 5.41) is 2.98. The molecule has 2 saturated carbocycles. The molecule has 2 bridgehead atoms. The highest BCUT2D eigenvalue weighted by molar-refractivity contribution is 5.93. The molecule has 0 saturated heterocycles. The summed E-state index contributed by atoms with van der Waals surface area (Å²) in [6.07, 6.45) is 3.53. The zero-order chi connectivity index (χ0) is 11.8. The molecule has 1 amide bonds. The van der Waals surface area contributed by atoms with E-state index in [-0.39, 0.29) is 17.9 Å². The fourth-order valence-electron chi connectivity index (χ4n) is 3.47. The van der Waals surface area contributed by atoms with Crippen molar-refractivity contribution in [2.45, 2.75) is 25.3 Å². The summed E-state index contributed by atoms with van der Waals surface area (Å²) < 4.78 is 0. The molecule has 3 nitrogen and oxygen atoms in total. The largest absolute Gasteiger partial charge is 0.327 e. The molecule has 0 aliphatic heterocycles. The Morgan fingerprint density at radius 3 is 2.53 bits per heavy atom. The van der Waals surface area contributed by atoms with Gasteiger partial charge in [-0.2, -0.15) is 0 Å². The normalized spacial score (nSPS) is 34.9. The van der Waals surface area contributed by atoms with E-state index in [1.807, 2.05) is 30.3 Å². The second kappa shape index (κ2) is 4.15. The Kier molecular flexibility index (Phi) is 2.63. The lowest BCUT2D eigenvalue weighted by Crippen LogP contribution is -2.42. The summed E-state index contributed by atoms with van der Waals surface area (Å²) in [4.78, 5) is 12.2. The maximum absolute atomic E-state index is 12.2. The Morgan fingerprint density at radius 2 is 1.88 bits per heavy atom. The molecular formula is C14H18N2O. The number of anilines is 1. The molecule has 3 N–H and O–H groups in total. The average molecular weight is 230 g/mol. The third-order valence-corrected chi connectivity index (χ3v) is 4.32. The molecule has 2 aliphatic carbocycles. The van der Waals surface area contributed by atoms with Gasteiger partial charge in [0.15, 0.2) is 0 Å². The van der Waals surface area contributed by atoms with Gasteiger partial charge in [0, 0.05) is 11.7 Å². The Balaban J connectivity index is 1.71. The molecule has 3 heteroatoms. The molecule has 0 radical (unpaired) electrons. The first kappa shape index (κ1) is 10.8. The van der Waals surface area contributed by atoms with Gasteiger partial charge in [-0.05, 0) is 43.2 Å². The number of carbonyl (C=O) groups is 1. The van der Waals surface area contributed by atoms with Crippen molar-refractivity contribution >= 4 is 11.6 Å². The number of para-hydroxylation sites is 1. The molecule has 0 heterocycles. The molecule has 3 rings (SSSR count). The summed E-state index contributed by atoms with van der Waals surface area (Å²) >= 11 is 0. The van der Waals surface area contributed by atoms with Crippen LogP contribution in [0.25, 0.3) is 0 Å². The quantitative estimate of drug-likeness (QED) is 0.816. The predicted octanol–water partition coefficient (Wildman–Crippen LogP) is 2.00. The maximum atomic E-state index is 12.2. The number of hydrogen-bond donors (Lipinski definition) is 2. The van der Waals surface area contributed by atoms with Gasteiger partial charge < -0.3 is 11.1 Å². The molecule has 17 heavy (non-hydrogen) atoms. The van der Waals surface area contributed by atoms with Gasteiger partial charge >= 0.3 is 0 Å². The first-order valence-corrected chi connectivity index (χ1v) is 6.37. The van der Waals surface area contributed by atoms with E-state index in [0.29, 0.717) is 11.8 Å². The lowest BCUT2D eigenvalue weighted by atomic mass is 9.84. The fraction of sp³-hybridized carbons (Fsp3) is 0.500. The number of carbonyl (C=O) groups excluding carboxylic acids is 1. The highest BCUT2D eigenvalue weighted by atomic mass is 16.2. The Morgan fingerprint density at radius 1 is 1.18 bits per heavy atom. The molecule has 90 valence electrons. The third-order valence-electron chi connectivity index (χ3n) is 4.32. The third kappa shape index (κ3) is 1.84. The van der Waals surface area contributed by atoms with Crippen LogP contribution in [0.3, 0.4) is 0 Å². The van der Waals surface area contributed by atoms with Gasteiger partial charge in [-0.3, -0.25) is 4.79 Å². The van der Waals surface area contributed by atoms with E-state index in [2.05, 4.69) is 5.32 Å². The van der Waals surface area contributed by atoms with Gasteiger partial charge in [0.25, 0.3) is 0 Å². The van der Waals surface area contributed by atoms with Crippen molar-refractivity contribution in [2.75, 3.05) is 5.32 Å². The molecular weight excluding hydrogens is 212 g/mol. The van der Waals surface area contributed by atoms with E-state index < -0.39 is 0 Å². The fourth-order valence-corrected chi connectivity index (χ4v) is 3.47. The lowest BCUT2D eigenvalue weighted by Gasteiger charge is -2.26. The minimum atomic E-state index is 0.0222. The van der Waals surface area contributed by atoms with Crippen LogP contribution >= 0.6 is 0 Å². The lowest BCUT2D eigenvalue weighted by molar-refractivity contribution is -0.121. The Hall–Kier alpha value is -1.35. The van der Waals surface area contributed by atoms with Crippen LogP contribution in [0.15, 0.2) is 30.3 Å². The van der Waals surface area contributed by atoms with Crippen molar-refractivity contribution in [3.63, 3.8) is 0 Å². The van der Waals surface area contributed by atoms with E-state index in [4.69, 9.17) is 5.73 Å². The second-order valence-electron chi connectivity index (χ2n) is 5.29. The van der Waals surface area contributed by atoms with E-state index in [1.165, 1.54) is 12.8 Å². The topological polar surface area (TPSA) is 55.1 Å². The highest BCUT2D eigenvalue weighted by Crippen LogP contribution is 2.47. The first-order chi connectivity index (χ1) is 8.25. The van der Waals surface area contributed by atoms with E-state index in [0.717, 1.165) is 12.1 Å². The van der Waals surface area contributed by atoms with Gasteiger partial charge in [-0.15, -0.1) is 0 Å². The molecule has 0 spiro atoms. The summed E-state index contributed by atoms with van der Waals surface area (Å²) in [6, 6.07) is 9.69.